The van der Waals surface area contributed by atoms with Gasteiger partial charge in [-0.25, -0.2) is 0 Å². The Kier molecular flexibility index (Phi) is 5.20. The maximum atomic E-state index is 2.61. The van der Waals surface area contributed by atoms with Crippen LogP contribution >= 0.6 is 0 Å². The minimum absolute atomic E-state index is 0.692. The van der Waals surface area contributed by atoms with Crippen molar-refractivity contribution in [3.63, 3.8) is 0 Å². The molecule has 0 aromatic heterocycles. The van der Waals surface area contributed by atoms with Gasteiger partial charge < -0.3 is 0 Å². The topological polar surface area (TPSA) is 6.48 Å². The highest BCUT2D eigenvalue weighted by Crippen LogP contribution is 2.18. The van der Waals surface area contributed by atoms with Gasteiger partial charge in [-0.15, -0.1) is 0 Å². The Labute approximate surface area is 88.6 Å². The standard InChI is InChI=1S/C10H18N2.C2H6/c1-11-7-5-9-12-8-4-2-3-6-10(11)12;1-2/h2-3,10H,4-9H2,1H3;1-2H3. The number of nitrogens with zero attached hydrogens (tertiary/aromatic N) is 2. The molecule has 0 N–H and O–H groups in total. The maximum Gasteiger partial charge on any atom is 0.0655 e. The molecule has 1 fully saturated rings. The molecule has 2 aliphatic heterocycles. The van der Waals surface area contributed by atoms with E-state index in [2.05, 4.69) is 29.0 Å². The van der Waals surface area contributed by atoms with E-state index >= 15 is 0 Å². The van der Waals surface area contributed by atoms with Crippen LogP contribution in [0.25, 0.3) is 0 Å². The van der Waals surface area contributed by atoms with Gasteiger partial charge in [-0.2, -0.15) is 0 Å². The lowest BCUT2D eigenvalue weighted by molar-refractivity contribution is 0.0279. The number of hydrogen-bond donors (Lipinski definition) is 0. The van der Waals surface area contributed by atoms with Gasteiger partial charge in [0.15, 0.2) is 0 Å². The van der Waals surface area contributed by atoms with E-state index in [9.17, 15) is 0 Å². The average molecular weight is 196 g/mol. The smallest absolute Gasteiger partial charge is 0.0655 e. The predicted octanol–water partition coefficient (Wildman–Crippen LogP) is 2.33. The Morgan fingerprint density at radius 2 is 1.86 bits per heavy atom. The lowest BCUT2D eigenvalue weighted by atomic mass is 10.2. The average Bonchev–Trinajstić information content (AvgIpc) is 2.47. The van der Waals surface area contributed by atoms with Crippen LogP contribution in [0.3, 0.4) is 0 Å². The van der Waals surface area contributed by atoms with E-state index in [4.69, 9.17) is 0 Å². The summed E-state index contributed by atoms with van der Waals surface area (Å²) in [6.45, 7) is 7.83. The van der Waals surface area contributed by atoms with Crippen LogP contribution in [0, 0.1) is 0 Å². The quantitative estimate of drug-likeness (QED) is 0.549. The summed E-state index contributed by atoms with van der Waals surface area (Å²) < 4.78 is 0. The van der Waals surface area contributed by atoms with Crippen LogP contribution in [0.1, 0.15) is 33.1 Å². The summed E-state index contributed by atoms with van der Waals surface area (Å²) in [6.07, 6.45) is 9.16. The molecule has 1 unspecified atom stereocenters. The molecule has 2 aliphatic rings. The van der Waals surface area contributed by atoms with E-state index in [0.717, 1.165) is 0 Å². The minimum atomic E-state index is 0.692. The van der Waals surface area contributed by atoms with Gasteiger partial charge in [0.1, 0.15) is 0 Å². The summed E-state index contributed by atoms with van der Waals surface area (Å²) in [4.78, 5) is 5.10. The molecule has 1 atom stereocenters. The first kappa shape index (κ1) is 11.7. The van der Waals surface area contributed by atoms with Crippen molar-refractivity contribution in [3.05, 3.63) is 12.2 Å². The summed E-state index contributed by atoms with van der Waals surface area (Å²) >= 11 is 0. The molecule has 1 saturated heterocycles. The van der Waals surface area contributed by atoms with Crippen molar-refractivity contribution in [3.8, 4) is 0 Å². The van der Waals surface area contributed by atoms with Gasteiger partial charge in [0.05, 0.1) is 6.17 Å². The zero-order valence-electron chi connectivity index (χ0n) is 9.87. The third-order valence-electron chi connectivity index (χ3n) is 2.98. The third kappa shape index (κ3) is 2.82. The van der Waals surface area contributed by atoms with Crippen LogP contribution in [0.5, 0.6) is 0 Å². The Balaban J connectivity index is 0.000000461. The summed E-state index contributed by atoms with van der Waals surface area (Å²) in [5, 5.41) is 0. The van der Waals surface area contributed by atoms with Crippen molar-refractivity contribution in [1.29, 1.82) is 0 Å². The molecule has 0 radical (unpaired) electrons. The molecule has 2 heterocycles. The Hall–Kier alpha value is -0.340. The van der Waals surface area contributed by atoms with Crippen molar-refractivity contribution < 1.29 is 0 Å². The molecule has 2 rings (SSSR count). The molecule has 0 aromatic carbocycles. The van der Waals surface area contributed by atoms with E-state index in [-0.39, 0.29) is 0 Å². The summed E-state index contributed by atoms with van der Waals surface area (Å²) in [5.41, 5.74) is 0. The van der Waals surface area contributed by atoms with E-state index in [1.54, 1.807) is 0 Å². The van der Waals surface area contributed by atoms with Crippen molar-refractivity contribution >= 4 is 0 Å². The molecule has 0 amide bonds. The monoisotopic (exact) mass is 196 g/mol. The third-order valence-corrected chi connectivity index (χ3v) is 2.98. The van der Waals surface area contributed by atoms with Gasteiger partial charge in [0.25, 0.3) is 0 Å². The second kappa shape index (κ2) is 6.20. The zero-order valence-corrected chi connectivity index (χ0v) is 9.87. The summed E-state index contributed by atoms with van der Waals surface area (Å²) in [7, 11) is 2.25. The van der Waals surface area contributed by atoms with Crippen LogP contribution in [0.2, 0.25) is 0 Å². The molecule has 0 aliphatic carbocycles. The van der Waals surface area contributed by atoms with Crippen LogP contribution < -0.4 is 0 Å². The predicted molar refractivity (Wildman–Crippen MR) is 62.3 cm³/mol. The second-order valence-corrected chi connectivity index (χ2v) is 3.85. The van der Waals surface area contributed by atoms with Crippen molar-refractivity contribution in [2.45, 2.75) is 39.3 Å². The van der Waals surface area contributed by atoms with Gasteiger partial charge in [-0.1, -0.05) is 26.0 Å². The molecule has 0 saturated carbocycles. The van der Waals surface area contributed by atoms with E-state index in [1.807, 2.05) is 13.8 Å². The largest absolute Gasteiger partial charge is 0.291 e. The van der Waals surface area contributed by atoms with Gasteiger partial charge >= 0.3 is 0 Å². The van der Waals surface area contributed by atoms with Crippen molar-refractivity contribution in [2.75, 3.05) is 26.7 Å². The summed E-state index contributed by atoms with van der Waals surface area (Å²) in [5.74, 6) is 0. The molecule has 0 spiro atoms. The Morgan fingerprint density at radius 1 is 1.07 bits per heavy atom. The molecule has 0 bridgehead atoms. The Bertz CT molecular complexity index is 177. The minimum Gasteiger partial charge on any atom is -0.291 e. The van der Waals surface area contributed by atoms with Crippen LogP contribution in [-0.2, 0) is 0 Å². The fraction of sp³-hybridized carbons (Fsp3) is 0.833. The SMILES string of the molecule is CC.CN1CCCN2CCC=CCC12. The van der Waals surface area contributed by atoms with Gasteiger partial charge in [0.2, 0.25) is 0 Å². The highest BCUT2D eigenvalue weighted by atomic mass is 15.4. The van der Waals surface area contributed by atoms with E-state index in [1.165, 1.54) is 38.9 Å². The molecular formula is C12H24N2. The summed E-state index contributed by atoms with van der Waals surface area (Å²) in [6, 6.07) is 0. The fourth-order valence-electron chi connectivity index (χ4n) is 2.27. The maximum absolute atomic E-state index is 2.61. The molecule has 82 valence electrons. The number of hydrogen-bond acceptors (Lipinski definition) is 2. The molecule has 2 nitrogen and oxygen atoms in total. The lowest BCUT2D eigenvalue weighted by Crippen LogP contribution is -2.51. The van der Waals surface area contributed by atoms with Gasteiger partial charge in [-0.05, 0) is 26.3 Å². The van der Waals surface area contributed by atoms with E-state index in [0.29, 0.717) is 6.17 Å². The highest BCUT2D eigenvalue weighted by molar-refractivity contribution is 4.93. The normalized spacial score (nSPS) is 28.6. The number of fused-ring (bicyclic) bond motifs is 1. The lowest BCUT2D eigenvalue weighted by Gasteiger charge is -2.41. The second-order valence-electron chi connectivity index (χ2n) is 3.85. The first-order valence-corrected chi connectivity index (χ1v) is 5.97. The highest BCUT2D eigenvalue weighted by Gasteiger charge is 2.25. The zero-order chi connectivity index (χ0) is 10.4. The van der Waals surface area contributed by atoms with Gasteiger partial charge in [-0.3, -0.25) is 9.80 Å². The molecule has 14 heavy (non-hydrogen) atoms. The molecule has 0 aromatic rings. The molecule has 2 heteroatoms. The Morgan fingerprint density at radius 3 is 2.64 bits per heavy atom. The van der Waals surface area contributed by atoms with Crippen LogP contribution in [0.15, 0.2) is 12.2 Å². The van der Waals surface area contributed by atoms with Gasteiger partial charge in [0, 0.05) is 19.6 Å². The first-order chi connectivity index (χ1) is 6.88. The fourth-order valence-corrected chi connectivity index (χ4v) is 2.27. The number of rotatable bonds is 0. The van der Waals surface area contributed by atoms with Crippen LogP contribution in [0.4, 0.5) is 0 Å². The first-order valence-electron chi connectivity index (χ1n) is 5.97. The molecular weight excluding hydrogens is 172 g/mol. The van der Waals surface area contributed by atoms with Crippen molar-refractivity contribution in [1.82, 2.24) is 9.80 Å². The van der Waals surface area contributed by atoms with Crippen molar-refractivity contribution in [2.24, 2.45) is 0 Å². The van der Waals surface area contributed by atoms with Crippen LogP contribution in [-0.4, -0.2) is 42.6 Å². The van der Waals surface area contributed by atoms with E-state index < -0.39 is 0 Å².